The molecule has 4 nitrogen and oxygen atoms in total. The van der Waals surface area contributed by atoms with Crippen molar-refractivity contribution >= 4 is 0 Å². The largest absolute Gasteiger partial charge is 0.239 e. The van der Waals surface area contributed by atoms with Crippen molar-refractivity contribution in [3.63, 3.8) is 0 Å². The second-order valence-electron chi connectivity index (χ2n) is 10.0. The Bertz CT molecular complexity index is 395. The smallest absolute Gasteiger partial charge is 0.228 e. The van der Waals surface area contributed by atoms with Gasteiger partial charge in [-0.3, -0.25) is 0 Å². The molecule has 4 heteroatoms. The van der Waals surface area contributed by atoms with Crippen molar-refractivity contribution in [3.05, 3.63) is 0 Å². The van der Waals surface area contributed by atoms with Gasteiger partial charge in [-0.1, -0.05) is 60.3 Å². The number of hydrogen-bond donors (Lipinski definition) is 0. The van der Waals surface area contributed by atoms with Crippen LogP contribution in [0.4, 0.5) is 0 Å². The van der Waals surface area contributed by atoms with Gasteiger partial charge < -0.3 is 0 Å². The molecule has 3 atom stereocenters. The summed E-state index contributed by atoms with van der Waals surface area (Å²) >= 11 is 0. The molecule has 0 heterocycles. The van der Waals surface area contributed by atoms with Crippen molar-refractivity contribution in [1.82, 2.24) is 0 Å². The normalized spacial score (nSPS) is 26.3. The van der Waals surface area contributed by atoms with Gasteiger partial charge in [-0.15, -0.1) is 0 Å². The summed E-state index contributed by atoms with van der Waals surface area (Å²) in [5.74, 6) is 0.00808. The molecule has 1 fully saturated rings. The molecule has 0 bridgehead atoms. The van der Waals surface area contributed by atoms with Crippen molar-refractivity contribution in [2.75, 3.05) is 0 Å². The Labute approximate surface area is 168 Å². The molecular formula is C23H46O4. The maximum Gasteiger partial charge on any atom is 0.239 e. The quantitative estimate of drug-likeness (QED) is 0.201. The Kier molecular flexibility index (Phi) is 9.74. The van der Waals surface area contributed by atoms with Gasteiger partial charge in [0, 0.05) is 11.8 Å². The number of rotatable bonds is 12. The molecule has 0 aromatic heterocycles. The van der Waals surface area contributed by atoms with E-state index < -0.39 is 5.79 Å². The fourth-order valence-electron chi connectivity index (χ4n) is 3.78. The van der Waals surface area contributed by atoms with E-state index in [0.29, 0.717) is 5.92 Å². The minimum Gasteiger partial charge on any atom is -0.228 e. The molecule has 3 unspecified atom stereocenters. The van der Waals surface area contributed by atoms with Crippen LogP contribution in [-0.4, -0.2) is 17.0 Å². The highest BCUT2D eigenvalue weighted by atomic mass is 17.3. The highest BCUT2D eigenvalue weighted by Gasteiger charge is 2.53. The fraction of sp³-hybridized carbons (Fsp3) is 1.00. The second-order valence-corrected chi connectivity index (χ2v) is 10.0. The molecule has 0 radical (unpaired) electrons. The van der Waals surface area contributed by atoms with E-state index in [9.17, 15) is 0 Å². The van der Waals surface area contributed by atoms with Crippen LogP contribution in [0.15, 0.2) is 0 Å². The molecule has 0 N–H and O–H groups in total. The minimum absolute atomic E-state index is 0.185. The lowest BCUT2D eigenvalue weighted by molar-refractivity contribution is -0.569. The molecule has 27 heavy (non-hydrogen) atoms. The van der Waals surface area contributed by atoms with E-state index >= 15 is 0 Å². The summed E-state index contributed by atoms with van der Waals surface area (Å²) in [6.07, 6.45) is 8.66. The SMILES string of the molecule is CCCCC(C)(C)OOC1(OOC(C)(C)CCCC)C(C)CCC(C)C1C. The zero-order valence-corrected chi connectivity index (χ0v) is 19.5. The van der Waals surface area contributed by atoms with E-state index in [1.807, 2.05) is 0 Å². The standard InChI is InChI=1S/C23H46O4/c1-10-12-16-21(6,7)24-26-23(19(4)15-14-18(3)20(23)5)27-25-22(8,9)17-13-11-2/h18-20H,10-17H2,1-9H3. The van der Waals surface area contributed by atoms with Crippen LogP contribution < -0.4 is 0 Å². The van der Waals surface area contributed by atoms with Crippen molar-refractivity contribution in [3.8, 4) is 0 Å². The summed E-state index contributed by atoms with van der Waals surface area (Å²) < 4.78 is 0. The fourth-order valence-corrected chi connectivity index (χ4v) is 3.78. The molecule has 1 aliphatic rings. The summed E-state index contributed by atoms with van der Waals surface area (Å²) in [6.45, 7) is 19.4. The Morgan fingerprint density at radius 1 is 0.778 bits per heavy atom. The van der Waals surface area contributed by atoms with Crippen molar-refractivity contribution in [2.24, 2.45) is 17.8 Å². The summed E-state index contributed by atoms with van der Waals surface area (Å²) in [6, 6.07) is 0. The summed E-state index contributed by atoms with van der Waals surface area (Å²) in [5, 5.41) is 0. The lowest BCUT2D eigenvalue weighted by atomic mass is 9.71. The third-order valence-electron chi connectivity index (χ3n) is 6.29. The highest BCUT2D eigenvalue weighted by Crippen LogP contribution is 2.46. The first-order valence-corrected chi connectivity index (χ1v) is 11.2. The lowest BCUT2D eigenvalue weighted by Crippen LogP contribution is -2.55. The predicted octanol–water partition coefficient (Wildman–Crippen LogP) is 7.22. The zero-order chi connectivity index (χ0) is 20.7. The van der Waals surface area contributed by atoms with Crippen LogP contribution in [0.1, 0.15) is 114 Å². The molecular weight excluding hydrogens is 340 g/mol. The van der Waals surface area contributed by atoms with E-state index in [2.05, 4.69) is 62.3 Å². The molecule has 1 aliphatic carbocycles. The van der Waals surface area contributed by atoms with Crippen molar-refractivity contribution in [2.45, 2.75) is 131 Å². The Morgan fingerprint density at radius 2 is 1.22 bits per heavy atom. The van der Waals surface area contributed by atoms with E-state index in [0.717, 1.165) is 44.9 Å². The average Bonchev–Trinajstić information content (AvgIpc) is 2.61. The molecule has 1 saturated carbocycles. The van der Waals surface area contributed by atoms with Gasteiger partial charge in [0.05, 0.1) is 11.2 Å². The van der Waals surface area contributed by atoms with Gasteiger partial charge in [0.2, 0.25) is 5.79 Å². The monoisotopic (exact) mass is 386 g/mol. The average molecular weight is 387 g/mol. The zero-order valence-electron chi connectivity index (χ0n) is 19.5. The maximum absolute atomic E-state index is 6.18. The predicted molar refractivity (Wildman–Crippen MR) is 111 cm³/mol. The Balaban J connectivity index is 2.92. The van der Waals surface area contributed by atoms with E-state index in [1.165, 1.54) is 6.42 Å². The third kappa shape index (κ3) is 7.30. The third-order valence-corrected chi connectivity index (χ3v) is 6.29. The van der Waals surface area contributed by atoms with Crippen LogP contribution in [0.25, 0.3) is 0 Å². The molecule has 162 valence electrons. The second kappa shape index (κ2) is 10.6. The van der Waals surface area contributed by atoms with Crippen molar-refractivity contribution < 1.29 is 19.6 Å². The maximum atomic E-state index is 6.18. The molecule has 0 aliphatic heterocycles. The van der Waals surface area contributed by atoms with E-state index in [4.69, 9.17) is 19.6 Å². The topological polar surface area (TPSA) is 36.9 Å². The molecule has 0 aromatic carbocycles. The van der Waals surface area contributed by atoms with Gasteiger partial charge >= 0.3 is 0 Å². The highest BCUT2D eigenvalue weighted by molar-refractivity contribution is 4.89. The molecule has 0 spiro atoms. The molecule has 1 rings (SSSR count). The van der Waals surface area contributed by atoms with Gasteiger partial charge in [-0.05, 0) is 59.3 Å². The van der Waals surface area contributed by atoms with Crippen LogP contribution in [-0.2, 0) is 19.6 Å². The summed E-state index contributed by atoms with van der Waals surface area (Å²) in [4.78, 5) is 24.4. The number of hydrogen-bond acceptors (Lipinski definition) is 4. The first-order chi connectivity index (χ1) is 12.5. The van der Waals surface area contributed by atoms with Gasteiger partial charge in [-0.2, -0.15) is 9.78 Å². The Hall–Kier alpha value is -0.160. The lowest BCUT2D eigenvalue weighted by Gasteiger charge is -2.48. The van der Waals surface area contributed by atoms with Crippen LogP contribution in [0, 0.1) is 17.8 Å². The summed E-state index contributed by atoms with van der Waals surface area (Å²) in [7, 11) is 0. The van der Waals surface area contributed by atoms with Crippen LogP contribution in [0.5, 0.6) is 0 Å². The minimum atomic E-state index is -0.870. The molecule has 0 amide bonds. The summed E-state index contributed by atoms with van der Waals surface area (Å²) in [5.41, 5.74) is -0.686. The molecule has 0 saturated heterocycles. The number of unbranched alkanes of at least 4 members (excludes halogenated alkanes) is 2. The molecule has 0 aromatic rings. The van der Waals surface area contributed by atoms with Crippen LogP contribution in [0.2, 0.25) is 0 Å². The van der Waals surface area contributed by atoms with Gasteiger partial charge in [0.1, 0.15) is 0 Å². The van der Waals surface area contributed by atoms with E-state index in [1.54, 1.807) is 0 Å². The van der Waals surface area contributed by atoms with Crippen molar-refractivity contribution in [1.29, 1.82) is 0 Å². The van der Waals surface area contributed by atoms with Crippen LogP contribution in [0.3, 0.4) is 0 Å². The van der Waals surface area contributed by atoms with E-state index in [-0.39, 0.29) is 23.0 Å². The first-order valence-electron chi connectivity index (χ1n) is 11.2. The van der Waals surface area contributed by atoms with Gasteiger partial charge in [-0.25, -0.2) is 9.78 Å². The van der Waals surface area contributed by atoms with Gasteiger partial charge in [0.15, 0.2) is 0 Å². The Morgan fingerprint density at radius 3 is 1.63 bits per heavy atom. The van der Waals surface area contributed by atoms with Crippen LogP contribution >= 0.6 is 0 Å². The van der Waals surface area contributed by atoms with Gasteiger partial charge in [0.25, 0.3) is 0 Å². The first kappa shape index (κ1) is 24.9.